The highest BCUT2D eigenvalue weighted by atomic mass is 35.5. The van der Waals surface area contributed by atoms with Crippen molar-refractivity contribution in [3.8, 4) is 5.75 Å². The Labute approximate surface area is 113 Å². The number of hydrogen-bond acceptors (Lipinski definition) is 2. The first-order chi connectivity index (χ1) is 8.58. The molecule has 2 rings (SSSR count). The summed E-state index contributed by atoms with van der Waals surface area (Å²) in [5, 5.41) is -0.183. The SMILES string of the molecule is Cc1occc1C(Cl)c1ccc(OC(C)C)cc1. The van der Waals surface area contributed by atoms with Crippen molar-refractivity contribution in [2.45, 2.75) is 32.3 Å². The molecule has 1 aromatic carbocycles. The molecule has 0 radical (unpaired) electrons. The minimum atomic E-state index is -0.183. The zero-order valence-corrected chi connectivity index (χ0v) is 11.6. The van der Waals surface area contributed by atoms with E-state index in [1.54, 1.807) is 6.26 Å². The highest BCUT2D eigenvalue weighted by Gasteiger charge is 2.15. The van der Waals surface area contributed by atoms with Crippen LogP contribution in [0.3, 0.4) is 0 Å². The second-order valence-electron chi connectivity index (χ2n) is 4.53. The van der Waals surface area contributed by atoms with Crippen molar-refractivity contribution in [1.29, 1.82) is 0 Å². The monoisotopic (exact) mass is 264 g/mol. The fourth-order valence-corrected chi connectivity index (χ4v) is 2.20. The van der Waals surface area contributed by atoms with Crippen LogP contribution in [0.5, 0.6) is 5.75 Å². The molecule has 0 saturated heterocycles. The molecule has 0 fully saturated rings. The molecule has 1 aromatic heterocycles. The van der Waals surface area contributed by atoms with Crippen molar-refractivity contribution in [2.75, 3.05) is 0 Å². The third kappa shape index (κ3) is 2.88. The van der Waals surface area contributed by atoms with Crippen LogP contribution in [0, 0.1) is 6.92 Å². The van der Waals surface area contributed by atoms with Gasteiger partial charge in [-0.05, 0) is 44.5 Å². The maximum absolute atomic E-state index is 6.44. The van der Waals surface area contributed by atoms with Gasteiger partial charge in [0.25, 0.3) is 0 Å². The topological polar surface area (TPSA) is 22.4 Å². The zero-order chi connectivity index (χ0) is 13.1. The van der Waals surface area contributed by atoms with E-state index >= 15 is 0 Å². The van der Waals surface area contributed by atoms with Crippen LogP contribution >= 0.6 is 11.6 Å². The standard InChI is InChI=1S/C15H17ClO2/c1-10(2)18-13-6-4-12(5-7-13)15(16)14-8-9-17-11(14)3/h4-10,15H,1-3H3. The van der Waals surface area contributed by atoms with Gasteiger partial charge in [-0.15, -0.1) is 11.6 Å². The molecule has 96 valence electrons. The highest BCUT2D eigenvalue weighted by Crippen LogP contribution is 2.32. The van der Waals surface area contributed by atoms with Gasteiger partial charge in [0.15, 0.2) is 0 Å². The lowest BCUT2D eigenvalue weighted by Crippen LogP contribution is -2.05. The molecule has 0 saturated carbocycles. The first-order valence-electron chi connectivity index (χ1n) is 6.02. The third-order valence-corrected chi connectivity index (χ3v) is 3.20. The Hall–Kier alpha value is -1.41. The Morgan fingerprint density at radius 3 is 2.28 bits per heavy atom. The van der Waals surface area contributed by atoms with E-state index in [1.807, 2.05) is 51.1 Å². The summed E-state index contributed by atoms with van der Waals surface area (Å²) >= 11 is 6.44. The molecule has 0 bridgehead atoms. The van der Waals surface area contributed by atoms with Gasteiger partial charge in [0.1, 0.15) is 11.5 Å². The average Bonchev–Trinajstić information content (AvgIpc) is 2.75. The van der Waals surface area contributed by atoms with Gasteiger partial charge in [0.2, 0.25) is 0 Å². The van der Waals surface area contributed by atoms with Crippen molar-refractivity contribution in [3.05, 3.63) is 53.5 Å². The molecule has 2 aromatic rings. The summed E-state index contributed by atoms with van der Waals surface area (Å²) < 4.78 is 10.9. The normalized spacial score (nSPS) is 12.7. The quantitative estimate of drug-likeness (QED) is 0.747. The number of ether oxygens (including phenoxy) is 1. The maximum atomic E-state index is 6.44. The van der Waals surface area contributed by atoms with Gasteiger partial charge < -0.3 is 9.15 Å². The summed E-state index contributed by atoms with van der Waals surface area (Å²) in [6.45, 7) is 5.93. The number of halogens is 1. The minimum absolute atomic E-state index is 0.179. The van der Waals surface area contributed by atoms with Crippen molar-refractivity contribution < 1.29 is 9.15 Å². The predicted octanol–water partition coefficient (Wildman–Crippen LogP) is 4.70. The lowest BCUT2D eigenvalue weighted by Gasteiger charge is -2.12. The molecule has 0 aliphatic carbocycles. The largest absolute Gasteiger partial charge is 0.491 e. The predicted molar refractivity (Wildman–Crippen MR) is 73.3 cm³/mol. The smallest absolute Gasteiger partial charge is 0.119 e. The highest BCUT2D eigenvalue weighted by molar-refractivity contribution is 6.22. The molecular formula is C15H17ClO2. The summed E-state index contributed by atoms with van der Waals surface area (Å²) in [6.07, 6.45) is 1.84. The zero-order valence-electron chi connectivity index (χ0n) is 10.8. The van der Waals surface area contributed by atoms with E-state index in [-0.39, 0.29) is 11.5 Å². The van der Waals surface area contributed by atoms with Gasteiger partial charge in [0, 0.05) is 5.56 Å². The Balaban J connectivity index is 2.17. The summed E-state index contributed by atoms with van der Waals surface area (Å²) in [4.78, 5) is 0. The van der Waals surface area contributed by atoms with Crippen molar-refractivity contribution in [1.82, 2.24) is 0 Å². The van der Waals surface area contributed by atoms with Crippen LogP contribution in [-0.2, 0) is 0 Å². The Morgan fingerprint density at radius 1 is 1.11 bits per heavy atom. The van der Waals surface area contributed by atoms with E-state index in [0.29, 0.717) is 0 Å². The van der Waals surface area contributed by atoms with E-state index in [4.69, 9.17) is 20.8 Å². The lowest BCUT2D eigenvalue weighted by molar-refractivity contribution is 0.242. The van der Waals surface area contributed by atoms with Crippen LogP contribution in [0.25, 0.3) is 0 Å². The Morgan fingerprint density at radius 2 is 1.78 bits per heavy atom. The fraction of sp³-hybridized carbons (Fsp3) is 0.333. The minimum Gasteiger partial charge on any atom is -0.491 e. The Bertz CT molecular complexity index is 499. The molecule has 0 spiro atoms. The molecule has 0 N–H and O–H groups in total. The number of furan rings is 1. The molecule has 2 nitrogen and oxygen atoms in total. The van der Waals surface area contributed by atoms with Gasteiger partial charge in [-0.25, -0.2) is 0 Å². The van der Waals surface area contributed by atoms with Gasteiger partial charge in [0.05, 0.1) is 17.7 Å². The number of rotatable bonds is 4. The van der Waals surface area contributed by atoms with Gasteiger partial charge >= 0.3 is 0 Å². The number of hydrogen-bond donors (Lipinski definition) is 0. The van der Waals surface area contributed by atoms with Gasteiger partial charge in [-0.2, -0.15) is 0 Å². The molecule has 0 amide bonds. The number of alkyl halides is 1. The molecule has 0 aliphatic rings. The number of benzene rings is 1. The van der Waals surface area contributed by atoms with Crippen molar-refractivity contribution in [3.63, 3.8) is 0 Å². The Kier molecular flexibility index (Phi) is 3.97. The van der Waals surface area contributed by atoms with Crippen LogP contribution < -0.4 is 4.74 Å². The van der Waals surface area contributed by atoms with E-state index in [0.717, 1.165) is 22.6 Å². The third-order valence-electron chi connectivity index (χ3n) is 2.72. The summed E-state index contributed by atoms with van der Waals surface area (Å²) in [7, 11) is 0. The van der Waals surface area contributed by atoms with Crippen LogP contribution in [0.2, 0.25) is 0 Å². The van der Waals surface area contributed by atoms with Crippen LogP contribution in [-0.4, -0.2) is 6.10 Å². The molecule has 1 heterocycles. The van der Waals surface area contributed by atoms with Gasteiger partial charge in [-0.3, -0.25) is 0 Å². The van der Waals surface area contributed by atoms with E-state index in [1.165, 1.54) is 0 Å². The maximum Gasteiger partial charge on any atom is 0.119 e. The van der Waals surface area contributed by atoms with Crippen LogP contribution in [0.4, 0.5) is 0 Å². The fourth-order valence-electron chi connectivity index (χ4n) is 1.82. The first kappa shape index (κ1) is 13.0. The van der Waals surface area contributed by atoms with Crippen molar-refractivity contribution >= 4 is 11.6 Å². The molecule has 1 unspecified atom stereocenters. The van der Waals surface area contributed by atoms with E-state index in [2.05, 4.69) is 0 Å². The summed E-state index contributed by atoms with van der Waals surface area (Å²) in [5.41, 5.74) is 2.05. The van der Waals surface area contributed by atoms with E-state index in [9.17, 15) is 0 Å². The first-order valence-corrected chi connectivity index (χ1v) is 6.46. The van der Waals surface area contributed by atoms with Crippen LogP contribution in [0.15, 0.2) is 41.0 Å². The molecular weight excluding hydrogens is 248 g/mol. The second-order valence-corrected chi connectivity index (χ2v) is 4.97. The molecule has 3 heteroatoms. The van der Waals surface area contributed by atoms with Crippen LogP contribution in [0.1, 0.15) is 36.1 Å². The molecule has 0 aliphatic heterocycles. The lowest BCUT2D eigenvalue weighted by atomic mass is 10.1. The average molecular weight is 265 g/mol. The summed E-state index contributed by atoms with van der Waals surface area (Å²) in [5.74, 6) is 1.72. The molecule has 1 atom stereocenters. The molecule has 18 heavy (non-hydrogen) atoms. The summed E-state index contributed by atoms with van der Waals surface area (Å²) in [6, 6.07) is 9.77. The van der Waals surface area contributed by atoms with Gasteiger partial charge in [-0.1, -0.05) is 12.1 Å². The van der Waals surface area contributed by atoms with E-state index < -0.39 is 0 Å². The second kappa shape index (κ2) is 5.49. The number of aryl methyl sites for hydroxylation is 1. The van der Waals surface area contributed by atoms with Crippen molar-refractivity contribution in [2.24, 2.45) is 0 Å².